The molecule has 0 aromatic heterocycles. The standard InChI is InChI=1S/C16H14ClFN2O/c17-13-8-11(4-6-14(13)18)16(21)20-7-1-2-10-3-5-12(19)9-15(10)20/h3-6,8-9H,1-2,7,19H2. The van der Waals surface area contributed by atoms with Gasteiger partial charge in [0, 0.05) is 23.5 Å². The van der Waals surface area contributed by atoms with Crippen molar-refractivity contribution in [2.75, 3.05) is 17.2 Å². The first-order valence-corrected chi connectivity index (χ1v) is 7.09. The number of carbonyl (C=O) groups excluding carboxylic acids is 1. The summed E-state index contributed by atoms with van der Waals surface area (Å²) >= 11 is 5.76. The number of halogens is 2. The molecule has 1 amide bonds. The second kappa shape index (κ2) is 5.37. The zero-order valence-corrected chi connectivity index (χ0v) is 12.0. The van der Waals surface area contributed by atoms with Gasteiger partial charge in [0.05, 0.1) is 5.02 Å². The largest absolute Gasteiger partial charge is 0.399 e. The van der Waals surface area contributed by atoms with E-state index in [4.69, 9.17) is 17.3 Å². The summed E-state index contributed by atoms with van der Waals surface area (Å²) in [5.41, 5.74) is 8.73. The Labute approximate surface area is 127 Å². The maximum Gasteiger partial charge on any atom is 0.258 e. The molecule has 1 aliphatic heterocycles. The number of amides is 1. The third-order valence-electron chi connectivity index (χ3n) is 3.64. The SMILES string of the molecule is Nc1ccc2c(c1)N(C(=O)c1ccc(F)c(Cl)c1)CCC2. The van der Waals surface area contributed by atoms with Gasteiger partial charge in [-0.3, -0.25) is 4.79 Å². The van der Waals surface area contributed by atoms with Crippen molar-refractivity contribution in [1.29, 1.82) is 0 Å². The van der Waals surface area contributed by atoms with E-state index in [-0.39, 0.29) is 10.9 Å². The molecule has 0 unspecified atom stereocenters. The first-order valence-electron chi connectivity index (χ1n) is 6.71. The molecule has 0 bridgehead atoms. The van der Waals surface area contributed by atoms with Crippen LogP contribution in [0.3, 0.4) is 0 Å². The molecule has 1 heterocycles. The van der Waals surface area contributed by atoms with E-state index in [9.17, 15) is 9.18 Å². The number of nitrogen functional groups attached to an aromatic ring is 1. The van der Waals surface area contributed by atoms with Crippen molar-refractivity contribution in [2.24, 2.45) is 0 Å². The normalized spacial score (nSPS) is 13.9. The maximum atomic E-state index is 13.2. The number of carbonyl (C=O) groups is 1. The van der Waals surface area contributed by atoms with Gasteiger partial charge in [-0.05, 0) is 48.7 Å². The molecule has 2 aromatic carbocycles. The Hall–Kier alpha value is -2.07. The topological polar surface area (TPSA) is 46.3 Å². The van der Waals surface area contributed by atoms with E-state index in [0.717, 1.165) is 24.1 Å². The second-order valence-electron chi connectivity index (χ2n) is 5.08. The average molecular weight is 305 g/mol. The highest BCUT2D eigenvalue weighted by Crippen LogP contribution is 2.30. The summed E-state index contributed by atoms with van der Waals surface area (Å²) in [6.45, 7) is 0.615. The predicted molar refractivity (Wildman–Crippen MR) is 82.3 cm³/mol. The third kappa shape index (κ3) is 2.59. The van der Waals surface area contributed by atoms with Gasteiger partial charge in [0.15, 0.2) is 0 Å². The van der Waals surface area contributed by atoms with Crippen LogP contribution in [0.25, 0.3) is 0 Å². The molecule has 1 aliphatic rings. The van der Waals surface area contributed by atoms with Crippen LogP contribution < -0.4 is 10.6 Å². The van der Waals surface area contributed by atoms with Crippen LogP contribution in [-0.4, -0.2) is 12.5 Å². The van der Waals surface area contributed by atoms with Gasteiger partial charge >= 0.3 is 0 Å². The smallest absolute Gasteiger partial charge is 0.258 e. The lowest BCUT2D eigenvalue weighted by Gasteiger charge is -2.30. The van der Waals surface area contributed by atoms with Crippen LogP contribution in [0.1, 0.15) is 22.3 Å². The Kier molecular flexibility index (Phi) is 3.55. The molecule has 3 rings (SSSR count). The number of nitrogens with zero attached hydrogens (tertiary/aromatic N) is 1. The van der Waals surface area contributed by atoms with E-state index in [0.29, 0.717) is 17.8 Å². The van der Waals surface area contributed by atoms with Crippen LogP contribution in [0.2, 0.25) is 5.02 Å². The summed E-state index contributed by atoms with van der Waals surface area (Å²) < 4.78 is 13.2. The number of hydrogen-bond acceptors (Lipinski definition) is 2. The third-order valence-corrected chi connectivity index (χ3v) is 3.93. The van der Waals surface area contributed by atoms with Gasteiger partial charge in [-0.15, -0.1) is 0 Å². The Bertz CT molecular complexity index is 717. The summed E-state index contributed by atoms with van der Waals surface area (Å²) in [5, 5.41) is -0.0503. The van der Waals surface area contributed by atoms with E-state index in [2.05, 4.69) is 0 Å². The van der Waals surface area contributed by atoms with Crippen LogP contribution >= 0.6 is 11.6 Å². The molecule has 2 aromatic rings. The summed E-state index contributed by atoms with van der Waals surface area (Å²) in [7, 11) is 0. The van der Waals surface area contributed by atoms with E-state index >= 15 is 0 Å². The van der Waals surface area contributed by atoms with Gasteiger partial charge in [0.25, 0.3) is 5.91 Å². The maximum absolute atomic E-state index is 13.2. The number of hydrogen-bond donors (Lipinski definition) is 1. The lowest BCUT2D eigenvalue weighted by molar-refractivity contribution is 0.0985. The zero-order valence-electron chi connectivity index (χ0n) is 11.3. The highest BCUT2D eigenvalue weighted by molar-refractivity contribution is 6.31. The van der Waals surface area contributed by atoms with Crippen LogP contribution in [-0.2, 0) is 6.42 Å². The van der Waals surface area contributed by atoms with Gasteiger partial charge in [-0.1, -0.05) is 17.7 Å². The number of anilines is 2. The van der Waals surface area contributed by atoms with Crippen LogP contribution in [0.15, 0.2) is 36.4 Å². The van der Waals surface area contributed by atoms with Crippen molar-refractivity contribution >= 4 is 28.9 Å². The molecule has 2 N–H and O–H groups in total. The van der Waals surface area contributed by atoms with Gasteiger partial charge < -0.3 is 10.6 Å². The molecule has 108 valence electrons. The molecule has 0 spiro atoms. The minimum Gasteiger partial charge on any atom is -0.399 e. The lowest BCUT2D eigenvalue weighted by Crippen LogP contribution is -2.35. The van der Waals surface area contributed by atoms with Crippen LogP contribution in [0.4, 0.5) is 15.8 Å². The molecule has 0 saturated carbocycles. The molecule has 0 saturated heterocycles. The minimum absolute atomic E-state index is 0.0503. The van der Waals surface area contributed by atoms with E-state index in [1.165, 1.54) is 18.2 Å². The Morgan fingerprint density at radius 1 is 1.24 bits per heavy atom. The molecular weight excluding hydrogens is 291 g/mol. The van der Waals surface area contributed by atoms with Crippen LogP contribution in [0, 0.1) is 5.82 Å². The summed E-state index contributed by atoms with van der Waals surface area (Å²) in [4.78, 5) is 14.3. The van der Waals surface area contributed by atoms with Crippen molar-refractivity contribution in [2.45, 2.75) is 12.8 Å². The number of aryl methyl sites for hydroxylation is 1. The fourth-order valence-corrected chi connectivity index (χ4v) is 2.77. The fourth-order valence-electron chi connectivity index (χ4n) is 2.59. The Morgan fingerprint density at radius 3 is 2.81 bits per heavy atom. The van der Waals surface area contributed by atoms with Gasteiger partial charge in [-0.2, -0.15) is 0 Å². The molecule has 0 atom stereocenters. The summed E-state index contributed by atoms with van der Waals surface area (Å²) in [6.07, 6.45) is 1.81. The first-order chi connectivity index (χ1) is 10.1. The first kappa shape index (κ1) is 13.9. The van der Waals surface area contributed by atoms with E-state index in [1.807, 2.05) is 12.1 Å². The Morgan fingerprint density at radius 2 is 2.05 bits per heavy atom. The predicted octanol–water partition coefficient (Wildman–Crippen LogP) is 3.65. The number of benzene rings is 2. The second-order valence-corrected chi connectivity index (χ2v) is 5.48. The molecule has 21 heavy (non-hydrogen) atoms. The monoisotopic (exact) mass is 304 g/mol. The van der Waals surface area contributed by atoms with E-state index < -0.39 is 5.82 Å². The van der Waals surface area contributed by atoms with Gasteiger partial charge in [-0.25, -0.2) is 4.39 Å². The molecule has 0 fully saturated rings. The molecular formula is C16H14ClFN2O. The highest BCUT2D eigenvalue weighted by Gasteiger charge is 2.24. The van der Waals surface area contributed by atoms with Crippen molar-refractivity contribution in [1.82, 2.24) is 0 Å². The zero-order chi connectivity index (χ0) is 15.0. The number of nitrogens with two attached hydrogens (primary N) is 1. The Balaban J connectivity index is 1.99. The van der Waals surface area contributed by atoms with E-state index in [1.54, 1.807) is 11.0 Å². The van der Waals surface area contributed by atoms with Crippen molar-refractivity contribution in [3.05, 3.63) is 58.4 Å². The number of rotatable bonds is 1. The summed E-state index contributed by atoms with van der Waals surface area (Å²) in [5.74, 6) is -0.722. The molecule has 0 aliphatic carbocycles. The van der Waals surface area contributed by atoms with Crippen molar-refractivity contribution in [3.63, 3.8) is 0 Å². The molecule has 5 heteroatoms. The van der Waals surface area contributed by atoms with Gasteiger partial charge in [0.2, 0.25) is 0 Å². The lowest BCUT2D eigenvalue weighted by atomic mass is 10.00. The average Bonchev–Trinajstić information content (AvgIpc) is 2.48. The van der Waals surface area contributed by atoms with Gasteiger partial charge in [0.1, 0.15) is 5.82 Å². The number of fused-ring (bicyclic) bond motifs is 1. The minimum atomic E-state index is -0.531. The molecule has 0 radical (unpaired) electrons. The van der Waals surface area contributed by atoms with Crippen molar-refractivity contribution < 1.29 is 9.18 Å². The van der Waals surface area contributed by atoms with Crippen LogP contribution in [0.5, 0.6) is 0 Å². The quantitative estimate of drug-likeness (QED) is 0.817. The fraction of sp³-hybridized carbons (Fsp3) is 0.188. The van der Waals surface area contributed by atoms with Crippen molar-refractivity contribution in [3.8, 4) is 0 Å². The summed E-state index contributed by atoms with van der Waals surface area (Å²) in [6, 6.07) is 9.60. The molecule has 3 nitrogen and oxygen atoms in total. The highest BCUT2D eigenvalue weighted by atomic mass is 35.5.